The van der Waals surface area contributed by atoms with Gasteiger partial charge in [-0.25, -0.2) is 0 Å². The lowest BCUT2D eigenvalue weighted by Gasteiger charge is -2.30. The van der Waals surface area contributed by atoms with Crippen molar-refractivity contribution in [2.75, 3.05) is 44.2 Å². The number of nitrogens with zero attached hydrogens (tertiary/aromatic N) is 4. The van der Waals surface area contributed by atoms with Gasteiger partial charge in [0.25, 0.3) is 11.6 Å². The summed E-state index contributed by atoms with van der Waals surface area (Å²) < 4.78 is 5.37. The highest BCUT2D eigenvalue weighted by molar-refractivity contribution is 6.30. The number of halogens is 1. The number of rotatable bonds is 5. The minimum absolute atomic E-state index is 0.160. The van der Waals surface area contributed by atoms with Crippen LogP contribution in [-0.4, -0.2) is 65.9 Å². The second kappa shape index (κ2) is 9.54. The second-order valence-electron chi connectivity index (χ2n) is 7.81. The molecule has 0 bridgehead atoms. The maximum atomic E-state index is 13.0. The summed E-state index contributed by atoms with van der Waals surface area (Å²) in [5.41, 5.74) is 1.25. The van der Waals surface area contributed by atoms with Gasteiger partial charge in [-0.3, -0.25) is 29.5 Å². The van der Waals surface area contributed by atoms with Crippen molar-refractivity contribution in [1.29, 1.82) is 0 Å². The molecule has 9 nitrogen and oxygen atoms in total. The fourth-order valence-corrected chi connectivity index (χ4v) is 4.07. The predicted octanol–water partition coefficient (Wildman–Crippen LogP) is 2.71. The molecule has 10 heteroatoms. The Morgan fingerprint density at radius 2 is 1.88 bits per heavy atom. The Labute approximate surface area is 190 Å². The molecule has 1 saturated heterocycles. The molecule has 2 aromatic carbocycles. The summed E-state index contributed by atoms with van der Waals surface area (Å²) in [5, 5.41) is 11.8. The molecule has 2 aromatic rings. The number of nitro groups is 1. The highest BCUT2D eigenvalue weighted by atomic mass is 35.5. The number of nitro benzene ring substituents is 1. The van der Waals surface area contributed by atoms with Crippen LogP contribution in [-0.2, 0) is 16.1 Å². The molecule has 0 aliphatic carbocycles. The fraction of sp³-hybridized carbons (Fsp3) is 0.364. The van der Waals surface area contributed by atoms with Crippen molar-refractivity contribution >= 4 is 34.8 Å². The molecule has 0 spiro atoms. The molecule has 0 N–H and O–H groups in total. The van der Waals surface area contributed by atoms with E-state index in [-0.39, 0.29) is 30.4 Å². The molecular weight excluding hydrogens is 436 g/mol. The maximum Gasteiger partial charge on any atom is 0.271 e. The number of anilines is 1. The SMILES string of the molecule is O=C(CN1C(=O)COc2ccc([N+](=O)[O-])cc21)N1CCCN(Cc2ccc(Cl)cc2)CC1. The summed E-state index contributed by atoms with van der Waals surface area (Å²) in [6.07, 6.45) is 0.818. The summed E-state index contributed by atoms with van der Waals surface area (Å²) in [4.78, 5) is 41.4. The van der Waals surface area contributed by atoms with Gasteiger partial charge in [-0.15, -0.1) is 0 Å². The van der Waals surface area contributed by atoms with E-state index in [0.29, 0.717) is 30.4 Å². The van der Waals surface area contributed by atoms with E-state index < -0.39 is 10.8 Å². The molecular formula is C22H23ClN4O5. The first-order chi connectivity index (χ1) is 15.4. The summed E-state index contributed by atoms with van der Waals surface area (Å²) in [7, 11) is 0. The minimum atomic E-state index is -0.538. The maximum absolute atomic E-state index is 13.0. The lowest BCUT2D eigenvalue weighted by Crippen LogP contribution is -2.47. The number of hydrogen-bond acceptors (Lipinski definition) is 6. The quantitative estimate of drug-likeness (QED) is 0.505. The van der Waals surface area contributed by atoms with E-state index in [9.17, 15) is 19.7 Å². The van der Waals surface area contributed by atoms with Crippen LogP contribution in [0.15, 0.2) is 42.5 Å². The summed E-state index contributed by atoms with van der Waals surface area (Å²) in [6.45, 7) is 3.12. The van der Waals surface area contributed by atoms with Gasteiger partial charge in [0, 0.05) is 49.9 Å². The van der Waals surface area contributed by atoms with Crippen LogP contribution in [0, 0.1) is 10.1 Å². The Morgan fingerprint density at radius 1 is 1.09 bits per heavy atom. The lowest BCUT2D eigenvalue weighted by molar-refractivity contribution is -0.384. The van der Waals surface area contributed by atoms with Gasteiger partial charge in [0.15, 0.2) is 6.61 Å². The fourth-order valence-electron chi connectivity index (χ4n) is 3.94. The van der Waals surface area contributed by atoms with Gasteiger partial charge in [-0.1, -0.05) is 23.7 Å². The average Bonchev–Trinajstić information content (AvgIpc) is 3.02. The standard InChI is InChI=1S/C22H23ClN4O5/c23-17-4-2-16(3-5-17)13-24-8-1-9-25(11-10-24)21(28)14-26-19-12-18(27(30)31)6-7-20(19)32-15-22(26)29/h2-7,12H,1,8-11,13-15H2. The minimum Gasteiger partial charge on any atom is -0.482 e. The normalized spacial score (nSPS) is 16.8. The number of ether oxygens (including phenoxy) is 1. The van der Waals surface area contributed by atoms with E-state index in [1.165, 1.54) is 23.1 Å². The van der Waals surface area contributed by atoms with Crippen LogP contribution in [0.1, 0.15) is 12.0 Å². The Morgan fingerprint density at radius 3 is 2.62 bits per heavy atom. The first-order valence-electron chi connectivity index (χ1n) is 10.4. The molecule has 0 atom stereocenters. The number of fused-ring (bicyclic) bond motifs is 1. The predicted molar refractivity (Wildman–Crippen MR) is 119 cm³/mol. The van der Waals surface area contributed by atoms with Crippen molar-refractivity contribution in [3.63, 3.8) is 0 Å². The van der Waals surface area contributed by atoms with Gasteiger partial charge in [0.2, 0.25) is 5.91 Å². The van der Waals surface area contributed by atoms with Gasteiger partial charge in [0.1, 0.15) is 12.3 Å². The molecule has 2 aliphatic heterocycles. The van der Waals surface area contributed by atoms with Crippen molar-refractivity contribution in [2.45, 2.75) is 13.0 Å². The van der Waals surface area contributed by atoms with E-state index in [1.54, 1.807) is 4.90 Å². The molecule has 2 aliphatic rings. The zero-order valence-corrected chi connectivity index (χ0v) is 18.2. The van der Waals surface area contributed by atoms with Crippen molar-refractivity contribution in [1.82, 2.24) is 9.80 Å². The van der Waals surface area contributed by atoms with E-state index >= 15 is 0 Å². The zero-order valence-electron chi connectivity index (χ0n) is 17.4. The number of amides is 2. The summed E-state index contributed by atoms with van der Waals surface area (Å²) in [6, 6.07) is 11.8. The molecule has 2 amide bonds. The van der Waals surface area contributed by atoms with Crippen molar-refractivity contribution < 1.29 is 19.2 Å². The highest BCUT2D eigenvalue weighted by Crippen LogP contribution is 2.35. The molecule has 2 heterocycles. The molecule has 168 valence electrons. The van der Waals surface area contributed by atoms with E-state index in [0.717, 1.165) is 25.1 Å². The van der Waals surface area contributed by atoms with Crippen LogP contribution in [0.4, 0.5) is 11.4 Å². The number of non-ortho nitro benzene ring substituents is 1. The number of carbonyl (C=O) groups excluding carboxylic acids is 2. The van der Waals surface area contributed by atoms with Crippen molar-refractivity contribution in [2.24, 2.45) is 0 Å². The molecule has 4 rings (SSSR count). The van der Waals surface area contributed by atoms with Crippen LogP contribution in [0.25, 0.3) is 0 Å². The van der Waals surface area contributed by atoms with E-state index in [1.807, 2.05) is 24.3 Å². The first kappa shape index (κ1) is 22.0. The topological polar surface area (TPSA) is 96.2 Å². The monoisotopic (exact) mass is 458 g/mol. The molecule has 0 unspecified atom stereocenters. The molecule has 0 saturated carbocycles. The zero-order chi connectivity index (χ0) is 22.7. The van der Waals surface area contributed by atoms with E-state index in [4.69, 9.17) is 16.3 Å². The third kappa shape index (κ3) is 5.00. The molecule has 0 radical (unpaired) electrons. The summed E-state index contributed by atoms with van der Waals surface area (Å²) in [5.74, 6) is -0.232. The van der Waals surface area contributed by atoms with Gasteiger partial charge in [0.05, 0.1) is 10.6 Å². The van der Waals surface area contributed by atoms with Crippen molar-refractivity contribution in [3.05, 3.63) is 63.2 Å². The Kier molecular flexibility index (Phi) is 6.57. The number of hydrogen-bond donors (Lipinski definition) is 0. The highest BCUT2D eigenvalue weighted by Gasteiger charge is 2.31. The molecule has 0 aromatic heterocycles. The van der Waals surface area contributed by atoms with Gasteiger partial charge in [-0.05, 0) is 30.2 Å². The first-order valence-corrected chi connectivity index (χ1v) is 10.7. The number of carbonyl (C=O) groups is 2. The van der Waals surface area contributed by atoms with Crippen LogP contribution >= 0.6 is 11.6 Å². The van der Waals surface area contributed by atoms with Crippen LogP contribution < -0.4 is 9.64 Å². The van der Waals surface area contributed by atoms with Gasteiger partial charge < -0.3 is 9.64 Å². The Hall–Kier alpha value is -3.17. The summed E-state index contributed by atoms with van der Waals surface area (Å²) >= 11 is 5.95. The van der Waals surface area contributed by atoms with Crippen LogP contribution in [0.5, 0.6) is 5.75 Å². The Balaban J connectivity index is 1.41. The average molecular weight is 459 g/mol. The smallest absolute Gasteiger partial charge is 0.271 e. The third-order valence-corrected chi connectivity index (χ3v) is 5.90. The van der Waals surface area contributed by atoms with Crippen LogP contribution in [0.2, 0.25) is 5.02 Å². The van der Waals surface area contributed by atoms with Crippen molar-refractivity contribution in [3.8, 4) is 5.75 Å². The molecule has 32 heavy (non-hydrogen) atoms. The van der Waals surface area contributed by atoms with E-state index in [2.05, 4.69) is 4.90 Å². The Bertz CT molecular complexity index is 1030. The molecule has 1 fully saturated rings. The third-order valence-electron chi connectivity index (χ3n) is 5.65. The second-order valence-corrected chi connectivity index (χ2v) is 8.25. The largest absolute Gasteiger partial charge is 0.482 e. The lowest BCUT2D eigenvalue weighted by atomic mass is 10.2. The van der Waals surface area contributed by atoms with Gasteiger partial charge >= 0.3 is 0 Å². The number of benzene rings is 2. The van der Waals surface area contributed by atoms with Gasteiger partial charge in [-0.2, -0.15) is 0 Å². The van der Waals surface area contributed by atoms with Crippen LogP contribution in [0.3, 0.4) is 0 Å².